The van der Waals surface area contributed by atoms with E-state index >= 15 is 0 Å². The van der Waals surface area contributed by atoms with Gasteiger partial charge in [-0.15, -0.1) is 0 Å². The molecule has 132 valence electrons. The lowest BCUT2D eigenvalue weighted by Gasteiger charge is -2.26. The van der Waals surface area contributed by atoms with Crippen molar-refractivity contribution in [1.82, 2.24) is 4.90 Å². The number of benzene rings is 1. The molecule has 0 aliphatic rings. The molecule has 3 heteroatoms. The van der Waals surface area contributed by atoms with E-state index < -0.39 is 6.10 Å². The van der Waals surface area contributed by atoms with Gasteiger partial charge in [0.2, 0.25) is 0 Å². The topological polar surface area (TPSA) is 32.7 Å². The Hall–Kier alpha value is -0.900. The van der Waals surface area contributed by atoms with E-state index in [0.29, 0.717) is 31.6 Å². The summed E-state index contributed by atoms with van der Waals surface area (Å²) >= 11 is 0. The largest absolute Gasteiger partial charge is 0.389 e. The Morgan fingerprint density at radius 2 is 1.83 bits per heavy atom. The summed E-state index contributed by atoms with van der Waals surface area (Å²) in [5.41, 5.74) is 2.59. The number of rotatable bonds is 11. The molecule has 1 rings (SSSR count). The van der Waals surface area contributed by atoms with Crippen molar-refractivity contribution >= 4 is 0 Å². The van der Waals surface area contributed by atoms with Gasteiger partial charge in [0.05, 0.1) is 12.7 Å². The molecule has 0 fully saturated rings. The summed E-state index contributed by atoms with van der Waals surface area (Å²) in [7, 11) is 0. The molecule has 1 N–H and O–H groups in total. The molecule has 0 heterocycles. The van der Waals surface area contributed by atoms with Crippen LogP contribution in [0.25, 0.3) is 0 Å². The van der Waals surface area contributed by atoms with Crippen molar-refractivity contribution in [2.45, 2.75) is 53.7 Å². The predicted molar refractivity (Wildman–Crippen MR) is 97.6 cm³/mol. The van der Waals surface area contributed by atoms with Crippen LogP contribution in [0.4, 0.5) is 0 Å². The Bertz CT molecular complexity index is 431. The van der Waals surface area contributed by atoms with Gasteiger partial charge in [-0.25, -0.2) is 0 Å². The zero-order chi connectivity index (χ0) is 17.2. The van der Waals surface area contributed by atoms with E-state index in [9.17, 15) is 5.11 Å². The van der Waals surface area contributed by atoms with E-state index in [0.717, 1.165) is 19.5 Å². The molecule has 0 radical (unpaired) electrons. The second-order valence-corrected chi connectivity index (χ2v) is 7.49. The lowest BCUT2D eigenvalue weighted by atomic mass is 10.1. The fraction of sp³-hybridized carbons (Fsp3) is 0.700. The third kappa shape index (κ3) is 9.75. The molecule has 0 amide bonds. The molecular formula is C20H35NO2. The van der Waals surface area contributed by atoms with Crippen molar-refractivity contribution < 1.29 is 9.84 Å². The number of ether oxygens (including phenoxy) is 1. The highest BCUT2D eigenvalue weighted by Gasteiger charge is 2.13. The molecular weight excluding hydrogens is 286 g/mol. The summed E-state index contributed by atoms with van der Waals surface area (Å²) < 4.78 is 5.58. The molecule has 0 saturated carbocycles. The minimum Gasteiger partial charge on any atom is -0.389 e. The second kappa shape index (κ2) is 10.8. The van der Waals surface area contributed by atoms with Gasteiger partial charge in [-0.1, -0.05) is 57.5 Å². The summed E-state index contributed by atoms with van der Waals surface area (Å²) in [6, 6.07) is 8.62. The normalized spacial score (nSPS) is 13.3. The van der Waals surface area contributed by atoms with Crippen molar-refractivity contribution in [3.8, 4) is 0 Å². The zero-order valence-electron chi connectivity index (χ0n) is 15.6. The number of aryl methyl sites for hydroxylation is 1. The van der Waals surface area contributed by atoms with Crippen LogP contribution >= 0.6 is 0 Å². The highest BCUT2D eigenvalue weighted by atomic mass is 16.5. The van der Waals surface area contributed by atoms with E-state index in [1.807, 2.05) is 0 Å². The van der Waals surface area contributed by atoms with Gasteiger partial charge in [-0.2, -0.15) is 0 Å². The molecule has 0 saturated heterocycles. The maximum absolute atomic E-state index is 10.3. The first-order chi connectivity index (χ1) is 10.9. The maximum Gasteiger partial charge on any atom is 0.0900 e. The average molecular weight is 322 g/mol. The van der Waals surface area contributed by atoms with Crippen LogP contribution in [-0.4, -0.2) is 42.4 Å². The minimum absolute atomic E-state index is 0.421. The Morgan fingerprint density at radius 3 is 2.43 bits per heavy atom. The highest BCUT2D eigenvalue weighted by molar-refractivity contribution is 5.22. The lowest BCUT2D eigenvalue weighted by Crippen LogP contribution is -2.36. The van der Waals surface area contributed by atoms with E-state index in [1.165, 1.54) is 11.1 Å². The van der Waals surface area contributed by atoms with Crippen LogP contribution in [-0.2, 0) is 11.3 Å². The van der Waals surface area contributed by atoms with Gasteiger partial charge in [-0.05, 0) is 37.3 Å². The smallest absolute Gasteiger partial charge is 0.0900 e. The Balaban J connectivity index is 2.53. The monoisotopic (exact) mass is 321 g/mol. The zero-order valence-corrected chi connectivity index (χ0v) is 15.6. The third-order valence-corrected chi connectivity index (χ3v) is 3.74. The van der Waals surface area contributed by atoms with Gasteiger partial charge in [0, 0.05) is 19.7 Å². The minimum atomic E-state index is -0.425. The van der Waals surface area contributed by atoms with Crippen molar-refractivity contribution in [2.24, 2.45) is 11.8 Å². The Morgan fingerprint density at radius 1 is 1.09 bits per heavy atom. The van der Waals surface area contributed by atoms with Gasteiger partial charge >= 0.3 is 0 Å². The molecule has 3 nitrogen and oxygen atoms in total. The fourth-order valence-corrected chi connectivity index (χ4v) is 2.53. The molecule has 0 aliphatic heterocycles. The summed E-state index contributed by atoms with van der Waals surface area (Å²) in [5, 5.41) is 10.3. The molecule has 1 unspecified atom stereocenters. The second-order valence-electron chi connectivity index (χ2n) is 7.49. The molecule has 1 aromatic rings. The highest BCUT2D eigenvalue weighted by Crippen LogP contribution is 2.11. The number of aliphatic hydroxyl groups is 1. The molecule has 0 aliphatic carbocycles. The van der Waals surface area contributed by atoms with Crippen LogP contribution in [0.5, 0.6) is 0 Å². The first-order valence-electron chi connectivity index (χ1n) is 8.90. The summed E-state index contributed by atoms with van der Waals surface area (Å²) in [6.45, 7) is 14.5. The number of nitrogens with zero attached hydrogens (tertiary/aromatic N) is 1. The summed E-state index contributed by atoms with van der Waals surface area (Å²) in [5.74, 6) is 1.18. The van der Waals surface area contributed by atoms with E-state index in [2.05, 4.69) is 63.8 Å². The van der Waals surface area contributed by atoms with Crippen LogP contribution in [0, 0.1) is 18.8 Å². The molecule has 1 atom stereocenters. The first-order valence-corrected chi connectivity index (χ1v) is 8.90. The fourth-order valence-electron chi connectivity index (χ4n) is 2.53. The van der Waals surface area contributed by atoms with Crippen LogP contribution in [0.15, 0.2) is 24.3 Å². The van der Waals surface area contributed by atoms with Gasteiger partial charge in [0.25, 0.3) is 0 Å². The van der Waals surface area contributed by atoms with E-state index in [1.54, 1.807) is 0 Å². The number of hydrogen-bond acceptors (Lipinski definition) is 3. The molecule has 0 aromatic heterocycles. The van der Waals surface area contributed by atoms with Crippen LogP contribution < -0.4 is 0 Å². The van der Waals surface area contributed by atoms with Crippen LogP contribution in [0.2, 0.25) is 0 Å². The van der Waals surface area contributed by atoms with E-state index in [-0.39, 0.29) is 0 Å². The molecule has 23 heavy (non-hydrogen) atoms. The van der Waals surface area contributed by atoms with Crippen molar-refractivity contribution in [1.29, 1.82) is 0 Å². The van der Waals surface area contributed by atoms with Crippen molar-refractivity contribution in [3.05, 3.63) is 35.4 Å². The first kappa shape index (κ1) is 20.1. The van der Waals surface area contributed by atoms with E-state index in [4.69, 9.17) is 4.74 Å². The SMILES string of the molecule is Cc1cccc(CN(CCC(C)C)CC(O)COCC(C)C)c1. The quantitative estimate of drug-likeness (QED) is 0.671. The number of aliphatic hydroxyl groups excluding tert-OH is 1. The summed E-state index contributed by atoms with van der Waals surface area (Å²) in [4.78, 5) is 2.35. The Kier molecular flexibility index (Phi) is 9.46. The van der Waals surface area contributed by atoms with Gasteiger partial charge in [-0.3, -0.25) is 4.90 Å². The van der Waals surface area contributed by atoms with Crippen molar-refractivity contribution in [2.75, 3.05) is 26.3 Å². The van der Waals surface area contributed by atoms with Gasteiger partial charge < -0.3 is 9.84 Å². The average Bonchev–Trinajstić information content (AvgIpc) is 2.44. The van der Waals surface area contributed by atoms with Crippen LogP contribution in [0.1, 0.15) is 45.2 Å². The standard InChI is InChI=1S/C20H35NO2/c1-16(2)9-10-21(12-19-8-6-7-18(5)11-19)13-20(22)15-23-14-17(3)4/h6-8,11,16-17,20,22H,9-10,12-15H2,1-5H3. The maximum atomic E-state index is 10.3. The summed E-state index contributed by atoms with van der Waals surface area (Å²) in [6.07, 6.45) is 0.719. The van der Waals surface area contributed by atoms with Gasteiger partial charge in [0.1, 0.15) is 0 Å². The van der Waals surface area contributed by atoms with Crippen LogP contribution in [0.3, 0.4) is 0 Å². The molecule has 0 spiro atoms. The lowest BCUT2D eigenvalue weighted by molar-refractivity contribution is 0.00628. The predicted octanol–water partition coefficient (Wildman–Crippen LogP) is 3.88. The third-order valence-electron chi connectivity index (χ3n) is 3.74. The molecule has 0 bridgehead atoms. The van der Waals surface area contributed by atoms with Gasteiger partial charge in [0.15, 0.2) is 0 Å². The number of hydrogen-bond donors (Lipinski definition) is 1. The Labute approximate surface area is 142 Å². The van der Waals surface area contributed by atoms with Crippen molar-refractivity contribution in [3.63, 3.8) is 0 Å². The molecule has 1 aromatic carbocycles.